The molecule has 0 aliphatic carbocycles. The number of hydrogen-bond acceptors (Lipinski definition) is 4. The van der Waals surface area contributed by atoms with E-state index in [1.165, 1.54) is 12.1 Å². The highest BCUT2D eigenvalue weighted by Crippen LogP contribution is 2.34. The van der Waals surface area contributed by atoms with Crippen LogP contribution >= 0.6 is 11.6 Å². The molecule has 7 heteroatoms. The predicted octanol–water partition coefficient (Wildman–Crippen LogP) is 4.56. The van der Waals surface area contributed by atoms with Crippen molar-refractivity contribution in [1.82, 2.24) is 10.2 Å². The topological polar surface area (TPSA) is 50.8 Å². The maximum Gasteiger partial charge on any atom is 0.222 e. The number of nitrogens with one attached hydrogen (secondary N) is 1. The predicted molar refractivity (Wildman–Crippen MR) is 115 cm³/mol. The van der Waals surface area contributed by atoms with Gasteiger partial charge in [0, 0.05) is 37.1 Å². The largest absolute Gasteiger partial charge is 0.490 e. The molecular weight excluding hydrogens is 407 g/mol. The Morgan fingerprint density at radius 2 is 1.93 bits per heavy atom. The number of ether oxygens (including phenoxy) is 2. The molecule has 2 aromatic carbocycles. The number of carbonyl (C=O) groups is 1. The van der Waals surface area contributed by atoms with E-state index < -0.39 is 0 Å². The normalized spacial score (nSPS) is 13.7. The van der Waals surface area contributed by atoms with Crippen LogP contribution in [0.2, 0.25) is 5.02 Å². The van der Waals surface area contributed by atoms with Gasteiger partial charge in [-0.25, -0.2) is 4.39 Å². The molecule has 1 saturated heterocycles. The van der Waals surface area contributed by atoms with Gasteiger partial charge in [-0.2, -0.15) is 0 Å². The maximum atomic E-state index is 13.1. The number of halogens is 2. The molecule has 0 unspecified atom stereocenters. The number of carbonyl (C=O) groups excluding carboxylic acids is 1. The van der Waals surface area contributed by atoms with Gasteiger partial charge in [0.15, 0.2) is 11.5 Å². The first kappa shape index (κ1) is 22.4. The highest BCUT2D eigenvalue weighted by atomic mass is 35.5. The highest BCUT2D eigenvalue weighted by Gasteiger charge is 2.19. The van der Waals surface area contributed by atoms with Gasteiger partial charge in [0.2, 0.25) is 5.91 Å². The first-order valence-corrected chi connectivity index (χ1v) is 10.8. The standard InChI is InChI=1S/C23H28ClFN2O3/c1-2-29-21-13-18(15-26-10-4-12-27-11-3-5-23(27)28)20(24)14-22(21)30-16-17-6-8-19(25)9-7-17/h6-9,13-14,26H,2-5,10-12,15-16H2,1H3. The van der Waals surface area contributed by atoms with Crippen molar-refractivity contribution in [3.05, 3.63) is 58.4 Å². The van der Waals surface area contributed by atoms with Gasteiger partial charge >= 0.3 is 0 Å². The van der Waals surface area contributed by atoms with Crippen molar-refractivity contribution in [2.45, 2.75) is 39.3 Å². The lowest BCUT2D eigenvalue weighted by Gasteiger charge is -2.17. The number of rotatable bonds is 11. The Balaban J connectivity index is 1.53. The van der Waals surface area contributed by atoms with Gasteiger partial charge in [0.25, 0.3) is 0 Å². The van der Waals surface area contributed by atoms with E-state index in [4.69, 9.17) is 21.1 Å². The third-order valence-electron chi connectivity index (χ3n) is 4.99. The molecule has 0 aromatic heterocycles. The molecule has 0 saturated carbocycles. The molecule has 162 valence electrons. The van der Waals surface area contributed by atoms with Crippen molar-refractivity contribution in [2.75, 3.05) is 26.2 Å². The van der Waals surface area contributed by atoms with Crippen molar-refractivity contribution in [3.63, 3.8) is 0 Å². The number of nitrogens with zero attached hydrogens (tertiary/aromatic N) is 1. The molecule has 5 nitrogen and oxygen atoms in total. The summed E-state index contributed by atoms with van der Waals surface area (Å²) in [5.74, 6) is 1.17. The van der Waals surface area contributed by atoms with E-state index in [0.717, 1.165) is 43.6 Å². The van der Waals surface area contributed by atoms with Crippen LogP contribution in [0.3, 0.4) is 0 Å². The molecule has 0 bridgehead atoms. The first-order chi connectivity index (χ1) is 14.6. The zero-order valence-corrected chi connectivity index (χ0v) is 18.0. The highest BCUT2D eigenvalue weighted by molar-refractivity contribution is 6.31. The van der Waals surface area contributed by atoms with Crippen LogP contribution in [0.5, 0.6) is 11.5 Å². The molecule has 1 aliphatic heterocycles. The summed E-state index contributed by atoms with van der Waals surface area (Å²) in [7, 11) is 0. The molecule has 1 heterocycles. The van der Waals surface area contributed by atoms with E-state index in [2.05, 4.69) is 5.32 Å². The lowest BCUT2D eigenvalue weighted by Crippen LogP contribution is -2.28. The van der Waals surface area contributed by atoms with E-state index in [-0.39, 0.29) is 11.7 Å². The summed E-state index contributed by atoms with van der Waals surface area (Å²) in [5.41, 5.74) is 1.78. The summed E-state index contributed by atoms with van der Waals surface area (Å²) in [4.78, 5) is 13.6. The first-order valence-electron chi connectivity index (χ1n) is 10.4. The summed E-state index contributed by atoms with van der Waals surface area (Å²) in [5, 5.41) is 3.97. The summed E-state index contributed by atoms with van der Waals surface area (Å²) in [6, 6.07) is 9.84. The van der Waals surface area contributed by atoms with Gasteiger partial charge in [-0.15, -0.1) is 0 Å². The lowest BCUT2D eigenvalue weighted by molar-refractivity contribution is -0.127. The average Bonchev–Trinajstić information content (AvgIpc) is 3.14. The van der Waals surface area contributed by atoms with Gasteiger partial charge in [0.1, 0.15) is 12.4 Å². The summed E-state index contributed by atoms with van der Waals surface area (Å²) < 4.78 is 24.7. The number of amides is 1. The van der Waals surface area contributed by atoms with Gasteiger partial charge in [-0.05, 0) is 55.6 Å². The smallest absolute Gasteiger partial charge is 0.222 e. The third-order valence-corrected chi connectivity index (χ3v) is 5.34. The van der Waals surface area contributed by atoms with Gasteiger partial charge in [0.05, 0.1) is 6.61 Å². The minimum atomic E-state index is -0.277. The fourth-order valence-corrected chi connectivity index (χ4v) is 3.61. The third kappa shape index (κ3) is 6.34. The van der Waals surface area contributed by atoms with Crippen LogP contribution in [0.15, 0.2) is 36.4 Å². The quantitative estimate of drug-likeness (QED) is 0.527. The van der Waals surface area contributed by atoms with Crippen LogP contribution in [-0.4, -0.2) is 37.0 Å². The molecule has 0 atom stereocenters. The number of hydrogen-bond donors (Lipinski definition) is 1. The van der Waals surface area contributed by atoms with Gasteiger partial charge < -0.3 is 19.7 Å². The molecular formula is C23H28ClFN2O3. The molecule has 30 heavy (non-hydrogen) atoms. The fraction of sp³-hybridized carbons (Fsp3) is 0.435. The monoisotopic (exact) mass is 434 g/mol. The zero-order chi connectivity index (χ0) is 21.3. The van der Waals surface area contributed by atoms with E-state index in [1.54, 1.807) is 18.2 Å². The van der Waals surface area contributed by atoms with Crippen LogP contribution < -0.4 is 14.8 Å². The fourth-order valence-electron chi connectivity index (χ4n) is 3.39. The van der Waals surface area contributed by atoms with Crippen molar-refractivity contribution >= 4 is 17.5 Å². The molecule has 1 N–H and O–H groups in total. The Hall–Kier alpha value is -2.31. The van der Waals surface area contributed by atoms with Crippen LogP contribution in [0.4, 0.5) is 4.39 Å². The Morgan fingerprint density at radius 1 is 1.17 bits per heavy atom. The molecule has 3 rings (SSSR count). The van der Waals surface area contributed by atoms with E-state index in [0.29, 0.717) is 42.7 Å². The van der Waals surface area contributed by atoms with E-state index in [1.807, 2.05) is 17.9 Å². The number of likely N-dealkylation sites (tertiary alicyclic amines) is 1. The molecule has 1 fully saturated rings. The van der Waals surface area contributed by atoms with Crippen molar-refractivity contribution < 1.29 is 18.7 Å². The zero-order valence-electron chi connectivity index (χ0n) is 17.3. The van der Waals surface area contributed by atoms with Crippen molar-refractivity contribution in [3.8, 4) is 11.5 Å². The minimum absolute atomic E-state index is 0.260. The van der Waals surface area contributed by atoms with E-state index >= 15 is 0 Å². The average molecular weight is 435 g/mol. The Morgan fingerprint density at radius 3 is 2.63 bits per heavy atom. The van der Waals surface area contributed by atoms with Gasteiger partial charge in [-0.3, -0.25) is 4.79 Å². The SMILES string of the molecule is CCOc1cc(CNCCCN2CCCC2=O)c(Cl)cc1OCc1ccc(F)cc1. The molecule has 2 aromatic rings. The van der Waals surface area contributed by atoms with Crippen LogP contribution in [0.25, 0.3) is 0 Å². The lowest BCUT2D eigenvalue weighted by atomic mass is 10.2. The van der Waals surface area contributed by atoms with Crippen molar-refractivity contribution in [2.24, 2.45) is 0 Å². The van der Waals surface area contributed by atoms with Crippen molar-refractivity contribution in [1.29, 1.82) is 0 Å². The second-order valence-corrected chi connectivity index (χ2v) is 7.66. The molecule has 0 radical (unpaired) electrons. The van der Waals surface area contributed by atoms with Crippen LogP contribution in [-0.2, 0) is 17.9 Å². The van der Waals surface area contributed by atoms with E-state index in [9.17, 15) is 9.18 Å². The second kappa shape index (κ2) is 11.2. The summed E-state index contributed by atoms with van der Waals surface area (Å²) in [6.07, 6.45) is 2.55. The number of benzene rings is 2. The minimum Gasteiger partial charge on any atom is -0.490 e. The second-order valence-electron chi connectivity index (χ2n) is 7.25. The van der Waals surface area contributed by atoms with Gasteiger partial charge in [-0.1, -0.05) is 23.7 Å². The Labute approximate surface area is 182 Å². The maximum absolute atomic E-state index is 13.1. The van der Waals surface area contributed by atoms with Crippen LogP contribution in [0.1, 0.15) is 37.3 Å². The molecule has 1 amide bonds. The Kier molecular flexibility index (Phi) is 8.34. The summed E-state index contributed by atoms with van der Waals surface area (Å²) >= 11 is 6.46. The molecule has 1 aliphatic rings. The molecule has 0 spiro atoms. The summed E-state index contributed by atoms with van der Waals surface area (Å²) in [6.45, 7) is 5.78. The van der Waals surface area contributed by atoms with Crippen LogP contribution in [0, 0.1) is 5.82 Å². The Bertz CT molecular complexity index is 845.